The molecule has 0 saturated heterocycles. The van der Waals surface area contributed by atoms with Gasteiger partial charge in [-0.1, -0.05) is 50.3 Å². The third-order valence-electron chi connectivity index (χ3n) is 2.07. The summed E-state index contributed by atoms with van der Waals surface area (Å²) in [6, 6.07) is 9.01. The van der Waals surface area contributed by atoms with E-state index < -0.39 is 0 Å². The van der Waals surface area contributed by atoms with Crippen LogP contribution in [0.25, 0.3) is 0 Å². The van der Waals surface area contributed by atoms with Gasteiger partial charge in [0, 0.05) is 6.08 Å². The van der Waals surface area contributed by atoms with Gasteiger partial charge in [-0.15, -0.1) is 0 Å². The Labute approximate surface area is 116 Å². The van der Waals surface area contributed by atoms with E-state index in [0.717, 1.165) is 5.57 Å². The topological polar surface area (TPSA) is 26.3 Å². The second-order valence-corrected chi connectivity index (χ2v) is 3.36. The van der Waals surface area contributed by atoms with Crippen LogP contribution in [0.3, 0.4) is 0 Å². The van der Waals surface area contributed by atoms with Crippen molar-refractivity contribution in [3.63, 3.8) is 0 Å². The van der Waals surface area contributed by atoms with Crippen molar-refractivity contribution in [1.29, 1.82) is 0 Å². The van der Waals surface area contributed by atoms with Crippen LogP contribution in [-0.2, 0) is 4.79 Å². The van der Waals surface area contributed by atoms with Crippen LogP contribution in [0.2, 0.25) is 0 Å². The van der Waals surface area contributed by atoms with Crippen LogP contribution in [0.1, 0.15) is 27.7 Å². The highest BCUT2D eigenvalue weighted by molar-refractivity contribution is 5.84. The molecule has 1 aromatic rings. The Morgan fingerprint density at radius 2 is 1.63 bits per heavy atom. The van der Waals surface area contributed by atoms with Crippen LogP contribution >= 0.6 is 0 Å². The van der Waals surface area contributed by atoms with E-state index in [1.165, 1.54) is 6.08 Å². The van der Waals surface area contributed by atoms with Crippen molar-refractivity contribution in [2.75, 3.05) is 0 Å². The first kappa shape index (κ1) is 16.9. The number of rotatable bonds is 4. The number of carbonyl (C=O) groups is 1. The number of ether oxygens (including phenoxy) is 1. The minimum atomic E-state index is -0.375. The number of hydrogen-bond donors (Lipinski definition) is 0. The van der Waals surface area contributed by atoms with Crippen LogP contribution in [0.5, 0.6) is 5.75 Å². The molecule has 1 aromatic carbocycles. The van der Waals surface area contributed by atoms with Gasteiger partial charge in [-0.2, -0.15) is 0 Å². The molecule has 0 heterocycles. The maximum atomic E-state index is 11.5. The fraction of sp³-hybridized carbons (Fsp3) is 0.235. The average molecular weight is 258 g/mol. The van der Waals surface area contributed by atoms with E-state index in [1.807, 2.05) is 64.1 Å². The lowest BCUT2D eigenvalue weighted by atomic mass is 10.2. The predicted molar refractivity (Wildman–Crippen MR) is 81.1 cm³/mol. The van der Waals surface area contributed by atoms with Crippen molar-refractivity contribution in [3.8, 4) is 5.75 Å². The lowest BCUT2D eigenvalue weighted by Gasteiger charge is -1.99. The number of allylic oxidation sites excluding steroid dienone is 5. The molecule has 2 nitrogen and oxygen atoms in total. The van der Waals surface area contributed by atoms with Crippen LogP contribution < -0.4 is 4.74 Å². The highest BCUT2D eigenvalue weighted by atomic mass is 16.5. The van der Waals surface area contributed by atoms with E-state index in [1.54, 1.807) is 18.2 Å². The summed E-state index contributed by atoms with van der Waals surface area (Å²) in [5, 5.41) is 0. The minimum absolute atomic E-state index is 0.375. The lowest BCUT2D eigenvalue weighted by molar-refractivity contribution is -0.128. The van der Waals surface area contributed by atoms with E-state index in [4.69, 9.17) is 4.74 Å². The Hall–Kier alpha value is -2.09. The van der Waals surface area contributed by atoms with Gasteiger partial charge >= 0.3 is 5.97 Å². The first-order valence-electron chi connectivity index (χ1n) is 6.50. The maximum absolute atomic E-state index is 11.5. The molecule has 0 bridgehead atoms. The SMILES string of the molecule is CC.C\C=C/C(/C=C/C(=O)Oc1ccccc1)=C\C. The van der Waals surface area contributed by atoms with E-state index in [-0.39, 0.29) is 5.97 Å². The second kappa shape index (κ2) is 11.0. The van der Waals surface area contributed by atoms with Crippen LogP contribution in [0.4, 0.5) is 0 Å². The Bertz CT molecular complexity index is 440. The third kappa shape index (κ3) is 7.77. The normalized spacial score (nSPS) is 11.3. The predicted octanol–water partition coefficient (Wildman–Crippen LogP) is 4.70. The number of esters is 1. The average Bonchev–Trinajstić information content (AvgIpc) is 2.46. The van der Waals surface area contributed by atoms with Crippen molar-refractivity contribution >= 4 is 5.97 Å². The molecule has 0 unspecified atom stereocenters. The summed E-state index contributed by atoms with van der Waals surface area (Å²) in [6.07, 6.45) is 8.91. The second-order valence-electron chi connectivity index (χ2n) is 3.36. The highest BCUT2D eigenvalue weighted by Crippen LogP contribution is 2.09. The van der Waals surface area contributed by atoms with E-state index in [0.29, 0.717) is 5.75 Å². The molecular formula is C17H22O2. The molecule has 0 saturated carbocycles. The molecule has 1 rings (SSSR count). The van der Waals surface area contributed by atoms with Gasteiger partial charge in [0.2, 0.25) is 0 Å². The highest BCUT2D eigenvalue weighted by Gasteiger charge is 1.98. The van der Waals surface area contributed by atoms with E-state index in [2.05, 4.69) is 0 Å². The summed E-state index contributed by atoms with van der Waals surface area (Å²) in [5.74, 6) is 0.176. The number of benzene rings is 1. The molecule has 0 radical (unpaired) electrons. The molecule has 0 aliphatic carbocycles. The van der Waals surface area contributed by atoms with Crippen LogP contribution in [-0.4, -0.2) is 5.97 Å². The van der Waals surface area contributed by atoms with E-state index in [9.17, 15) is 4.79 Å². The summed E-state index contributed by atoms with van der Waals surface area (Å²) in [7, 11) is 0. The van der Waals surface area contributed by atoms with Gasteiger partial charge in [-0.3, -0.25) is 0 Å². The van der Waals surface area contributed by atoms with Crippen molar-refractivity contribution in [1.82, 2.24) is 0 Å². The Morgan fingerprint density at radius 1 is 1.00 bits per heavy atom. The first-order valence-corrected chi connectivity index (χ1v) is 6.50. The van der Waals surface area contributed by atoms with Gasteiger partial charge < -0.3 is 4.74 Å². The molecule has 0 aromatic heterocycles. The maximum Gasteiger partial charge on any atom is 0.336 e. The van der Waals surface area contributed by atoms with Gasteiger partial charge in [0.25, 0.3) is 0 Å². The van der Waals surface area contributed by atoms with Gasteiger partial charge in [-0.25, -0.2) is 4.79 Å². The zero-order valence-corrected chi connectivity index (χ0v) is 12.1. The van der Waals surface area contributed by atoms with Gasteiger partial charge in [0.15, 0.2) is 0 Å². The molecule has 0 fully saturated rings. The Balaban J connectivity index is 0.00000154. The molecule has 2 heteroatoms. The van der Waals surface area contributed by atoms with Crippen molar-refractivity contribution in [2.24, 2.45) is 0 Å². The van der Waals surface area contributed by atoms with E-state index >= 15 is 0 Å². The number of carbonyl (C=O) groups excluding carboxylic acids is 1. The van der Waals surface area contributed by atoms with Gasteiger partial charge in [0.05, 0.1) is 0 Å². The molecular weight excluding hydrogens is 236 g/mol. The third-order valence-corrected chi connectivity index (χ3v) is 2.07. The molecule has 0 spiro atoms. The Morgan fingerprint density at radius 3 is 2.16 bits per heavy atom. The fourth-order valence-corrected chi connectivity index (χ4v) is 1.24. The molecule has 0 aliphatic rings. The first-order chi connectivity index (χ1) is 9.26. The van der Waals surface area contributed by atoms with Crippen molar-refractivity contribution in [3.05, 3.63) is 66.3 Å². The summed E-state index contributed by atoms with van der Waals surface area (Å²) in [5.41, 5.74) is 0.970. The van der Waals surface area contributed by atoms with Crippen LogP contribution in [0, 0.1) is 0 Å². The summed E-state index contributed by atoms with van der Waals surface area (Å²) < 4.78 is 5.11. The van der Waals surface area contributed by atoms with Gasteiger partial charge in [-0.05, 0) is 37.6 Å². The summed E-state index contributed by atoms with van der Waals surface area (Å²) in [6.45, 7) is 7.85. The molecule has 0 amide bonds. The smallest absolute Gasteiger partial charge is 0.336 e. The fourth-order valence-electron chi connectivity index (χ4n) is 1.24. The standard InChI is InChI=1S/C15H16O2.C2H6/c1-3-8-13(4-2)11-12-15(16)17-14-9-6-5-7-10-14;1-2/h3-12H,1-2H3;1-2H3/b8-3-,12-11+,13-4+;. The van der Waals surface area contributed by atoms with Crippen molar-refractivity contribution < 1.29 is 9.53 Å². The van der Waals surface area contributed by atoms with Crippen LogP contribution in [0.15, 0.2) is 66.3 Å². The van der Waals surface area contributed by atoms with Gasteiger partial charge in [0.1, 0.15) is 5.75 Å². The molecule has 0 N–H and O–H groups in total. The monoisotopic (exact) mass is 258 g/mol. The zero-order chi connectivity index (χ0) is 14.5. The molecule has 102 valence electrons. The quantitative estimate of drug-likeness (QED) is 0.339. The summed E-state index contributed by atoms with van der Waals surface area (Å²) >= 11 is 0. The molecule has 19 heavy (non-hydrogen) atoms. The number of hydrogen-bond acceptors (Lipinski definition) is 2. The lowest BCUT2D eigenvalue weighted by Crippen LogP contribution is -2.03. The zero-order valence-electron chi connectivity index (χ0n) is 12.1. The Kier molecular flexibility index (Phi) is 9.81. The number of para-hydroxylation sites is 1. The molecule has 0 aliphatic heterocycles. The minimum Gasteiger partial charge on any atom is -0.423 e. The largest absolute Gasteiger partial charge is 0.423 e. The van der Waals surface area contributed by atoms with Crippen molar-refractivity contribution in [2.45, 2.75) is 27.7 Å². The molecule has 0 atom stereocenters. The summed E-state index contributed by atoms with van der Waals surface area (Å²) in [4.78, 5) is 11.5.